The van der Waals surface area contributed by atoms with E-state index in [4.69, 9.17) is 0 Å². The zero-order valence-electron chi connectivity index (χ0n) is 9.49. The Kier molecular flexibility index (Phi) is 4.65. The Morgan fingerprint density at radius 1 is 1.67 bits per heavy atom. The highest BCUT2D eigenvalue weighted by molar-refractivity contribution is 6.14. The molecular formula is C10H18BNO3. The summed E-state index contributed by atoms with van der Waals surface area (Å²) in [6.45, 7) is 0. The molecule has 0 saturated carbocycles. The van der Waals surface area contributed by atoms with Crippen molar-refractivity contribution in [2.24, 2.45) is 0 Å². The van der Waals surface area contributed by atoms with Crippen molar-refractivity contribution in [3.63, 3.8) is 0 Å². The van der Waals surface area contributed by atoms with E-state index in [-0.39, 0.29) is 11.9 Å². The molecule has 0 spiro atoms. The van der Waals surface area contributed by atoms with E-state index in [1.165, 1.54) is 7.11 Å². The van der Waals surface area contributed by atoms with E-state index in [2.05, 4.69) is 4.74 Å². The molecular weight excluding hydrogens is 193 g/mol. The van der Waals surface area contributed by atoms with Gasteiger partial charge in [-0.1, -0.05) is 0 Å². The third-order valence-electron chi connectivity index (χ3n) is 3.02. The summed E-state index contributed by atoms with van der Waals surface area (Å²) in [6.07, 6.45) is 4.86. The molecule has 0 aromatic heterocycles. The van der Waals surface area contributed by atoms with Crippen LogP contribution in [0.1, 0.15) is 38.5 Å². The van der Waals surface area contributed by atoms with E-state index >= 15 is 0 Å². The topological polar surface area (TPSA) is 46.6 Å². The summed E-state index contributed by atoms with van der Waals surface area (Å²) in [5.74, 6) is 0.0594. The highest BCUT2D eigenvalue weighted by Gasteiger charge is 2.23. The zero-order valence-corrected chi connectivity index (χ0v) is 9.49. The average molecular weight is 211 g/mol. The van der Waals surface area contributed by atoms with Crippen LogP contribution in [0, 0.1) is 0 Å². The zero-order chi connectivity index (χ0) is 11.3. The number of esters is 1. The number of hydrogen-bond donors (Lipinski definition) is 0. The van der Waals surface area contributed by atoms with E-state index < -0.39 is 0 Å². The molecule has 1 aliphatic rings. The second-order valence-electron chi connectivity index (χ2n) is 4.02. The van der Waals surface area contributed by atoms with E-state index in [0.29, 0.717) is 18.9 Å². The minimum absolute atomic E-state index is 0.167. The van der Waals surface area contributed by atoms with Crippen molar-refractivity contribution in [3.8, 4) is 0 Å². The molecule has 1 saturated heterocycles. The van der Waals surface area contributed by atoms with Crippen LogP contribution in [0.25, 0.3) is 0 Å². The van der Waals surface area contributed by atoms with Gasteiger partial charge in [-0.25, -0.2) is 0 Å². The minimum Gasteiger partial charge on any atom is -0.469 e. The first-order valence-corrected chi connectivity index (χ1v) is 5.47. The lowest BCUT2D eigenvalue weighted by molar-refractivity contribution is -0.140. The number of amides is 1. The fourth-order valence-corrected chi connectivity index (χ4v) is 1.98. The van der Waals surface area contributed by atoms with Crippen LogP contribution in [0.4, 0.5) is 0 Å². The summed E-state index contributed by atoms with van der Waals surface area (Å²) in [5, 5.41) is 0. The van der Waals surface area contributed by atoms with Crippen LogP contribution in [0.5, 0.6) is 0 Å². The Morgan fingerprint density at radius 2 is 2.40 bits per heavy atom. The fourth-order valence-electron chi connectivity index (χ4n) is 1.98. The first-order chi connectivity index (χ1) is 7.15. The van der Waals surface area contributed by atoms with Gasteiger partial charge in [0.25, 0.3) is 0 Å². The van der Waals surface area contributed by atoms with E-state index in [9.17, 15) is 9.59 Å². The van der Waals surface area contributed by atoms with Crippen LogP contribution in [0.3, 0.4) is 0 Å². The molecule has 15 heavy (non-hydrogen) atoms. The lowest BCUT2D eigenvalue weighted by Gasteiger charge is -2.33. The minimum atomic E-state index is -0.167. The number of carbonyl (C=O) groups is 2. The number of hydrogen-bond acceptors (Lipinski definition) is 3. The van der Waals surface area contributed by atoms with Crippen molar-refractivity contribution in [1.29, 1.82) is 0 Å². The highest BCUT2D eigenvalue weighted by Crippen LogP contribution is 2.20. The van der Waals surface area contributed by atoms with Crippen molar-refractivity contribution in [1.82, 2.24) is 4.81 Å². The number of nitrogens with zero attached hydrogens (tertiary/aromatic N) is 1. The largest absolute Gasteiger partial charge is 0.469 e. The van der Waals surface area contributed by atoms with E-state index in [1.807, 2.05) is 12.8 Å². The second kappa shape index (κ2) is 5.78. The van der Waals surface area contributed by atoms with Crippen molar-refractivity contribution >= 4 is 19.9 Å². The Balaban J connectivity index is 2.25. The highest BCUT2D eigenvalue weighted by atomic mass is 16.5. The lowest BCUT2D eigenvalue weighted by atomic mass is 9.94. The molecule has 1 heterocycles. The fraction of sp³-hybridized carbons (Fsp3) is 0.800. The molecule has 1 amide bonds. The SMILES string of the molecule is BN1C(=O)CCCC1CCCC(=O)OC. The third-order valence-corrected chi connectivity index (χ3v) is 3.02. The van der Waals surface area contributed by atoms with Gasteiger partial charge in [0.2, 0.25) is 13.9 Å². The van der Waals surface area contributed by atoms with Crippen LogP contribution in [0.2, 0.25) is 0 Å². The summed E-state index contributed by atoms with van der Waals surface area (Å²) >= 11 is 0. The number of ether oxygens (including phenoxy) is 1. The molecule has 0 aromatic rings. The third kappa shape index (κ3) is 3.57. The molecule has 0 radical (unpaired) electrons. The summed E-state index contributed by atoms with van der Waals surface area (Å²) < 4.78 is 4.57. The van der Waals surface area contributed by atoms with Crippen molar-refractivity contribution in [2.75, 3.05) is 7.11 Å². The average Bonchev–Trinajstić information content (AvgIpc) is 2.24. The molecule has 0 bridgehead atoms. The maximum atomic E-state index is 11.4. The summed E-state index contributed by atoms with van der Waals surface area (Å²) in [4.78, 5) is 24.1. The maximum absolute atomic E-state index is 11.4. The van der Waals surface area contributed by atoms with Gasteiger partial charge in [-0.2, -0.15) is 0 Å². The molecule has 1 rings (SSSR count). The summed E-state index contributed by atoms with van der Waals surface area (Å²) in [5.41, 5.74) is 0. The molecule has 1 unspecified atom stereocenters. The van der Waals surface area contributed by atoms with Gasteiger partial charge in [0.15, 0.2) is 0 Å². The van der Waals surface area contributed by atoms with Crippen LogP contribution in [0.15, 0.2) is 0 Å². The van der Waals surface area contributed by atoms with Gasteiger partial charge in [0.1, 0.15) is 0 Å². The van der Waals surface area contributed by atoms with Crippen LogP contribution >= 0.6 is 0 Å². The van der Waals surface area contributed by atoms with E-state index in [0.717, 1.165) is 25.7 Å². The molecule has 84 valence electrons. The van der Waals surface area contributed by atoms with Crippen molar-refractivity contribution < 1.29 is 14.3 Å². The van der Waals surface area contributed by atoms with Crippen molar-refractivity contribution in [2.45, 2.75) is 44.6 Å². The molecule has 1 atom stereocenters. The smallest absolute Gasteiger partial charge is 0.305 e. The van der Waals surface area contributed by atoms with Crippen LogP contribution in [-0.2, 0) is 14.3 Å². The molecule has 1 aliphatic heterocycles. The summed E-state index contributed by atoms with van der Waals surface area (Å²) in [7, 11) is 3.25. The monoisotopic (exact) mass is 211 g/mol. The van der Waals surface area contributed by atoms with Gasteiger partial charge in [-0.05, 0) is 25.7 Å². The maximum Gasteiger partial charge on any atom is 0.305 e. The molecule has 1 fully saturated rings. The number of rotatable bonds is 4. The van der Waals surface area contributed by atoms with Gasteiger partial charge in [-0.3, -0.25) is 9.59 Å². The van der Waals surface area contributed by atoms with E-state index in [1.54, 1.807) is 0 Å². The Labute approximate surface area is 91.4 Å². The lowest BCUT2D eigenvalue weighted by Crippen LogP contribution is -2.41. The first kappa shape index (κ1) is 12.1. The predicted octanol–water partition coefficient (Wildman–Crippen LogP) is 0.259. The predicted molar refractivity (Wildman–Crippen MR) is 58.9 cm³/mol. The van der Waals surface area contributed by atoms with Gasteiger partial charge in [0.05, 0.1) is 7.11 Å². The van der Waals surface area contributed by atoms with Gasteiger partial charge in [-0.15, -0.1) is 0 Å². The molecule has 0 aliphatic carbocycles. The number of carbonyl (C=O) groups excluding carboxylic acids is 2. The second-order valence-corrected chi connectivity index (χ2v) is 4.02. The van der Waals surface area contributed by atoms with Gasteiger partial charge in [0, 0.05) is 18.9 Å². The Hall–Kier alpha value is -0.995. The van der Waals surface area contributed by atoms with Crippen LogP contribution in [-0.4, -0.2) is 37.8 Å². The van der Waals surface area contributed by atoms with Crippen LogP contribution < -0.4 is 0 Å². The van der Waals surface area contributed by atoms with Gasteiger partial charge >= 0.3 is 5.97 Å². The number of methoxy groups -OCH3 is 1. The quantitative estimate of drug-likeness (QED) is 0.495. The Morgan fingerprint density at radius 3 is 3.07 bits per heavy atom. The molecule has 0 aromatic carbocycles. The van der Waals surface area contributed by atoms with Gasteiger partial charge < -0.3 is 9.55 Å². The standard InChI is InChI=1S/C10H18BNO3/c1-15-10(14)7-3-5-8-4-2-6-9(13)12(8)11/h8H,2-7,11H2,1H3. The molecule has 5 heteroatoms. The normalized spacial score (nSPS) is 21.5. The number of piperidine rings is 1. The molecule has 0 N–H and O–H groups in total. The van der Waals surface area contributed by atoms with Crippen molar-refractivity contribution in [3.05, 3.63) is 0 Å². The first-order valence-electron chi connectivity index (χ1n) is 5.47. The molecule has 4 nitrogen and oxygen atoms in total. The Bertz CT molecular complexity index is 245. The summed E-state index contributed by atoms with van der Waals surface area (Å²) in [6, 6.07) is 0.316.